The lowest BCUT2D eigenvalue weighted by molar-refractivity contribution is 0.0634. The van der Waals surface area contributed by atoms with Gasteiger partial charge < -0.3 is 10.1 Å². The maximum absolute atomic E-state index is 13.1. The van der Waals surface area contributed by atoms with E-state index >= 15 is 0 Å². The monoisotopic (exact) mass is 382 g/mol. The van der Waals surface area contributed by atoms with Crippen molar-refractivity contribution in [3.05, 3.63) is 77.6 Å². The van der Waals surface area contributed by atoms with Gasteiger partial charge in [-0.25, -0.2) is 14.1 Å². The van der Waals surface area contributed by atoms with Crippen LogP contribution in [0.15, 0.2) is 54.6 Å². The van der Waals surface area contributed by atoms with Crippen LogP contribution in [0.5, 0.6) is 0 Å². The summed E-state index contributed by atoms with van der Waals surface area (Å²) in [5.74, 6) is -0.0412. The third kappa shape index (κ3) is 5.01. The predicted molar refractivity (Wildman–Crippen MR) is 104 cm³/mol. The van der Waals surface area contributed by atoms with E-state index in [1.807, 2.05) is 37.3 Å². The smallest absolute Gasteiger partial charge is 0.290 e. The van der Waals surface area contributed by atoms with E-state index in [2.05, 4.69) is 15.4 Å². The number of hydrogen-bond donors (Lipinski definition) is 1. The summed E-state index contributed by atoms with van der Waals surface area (Å²) >= 11 is 0. The second-order valence-corrected chi connectivity index (χ2v) is 6.40. The summed E-state index contributed by atoms with van der Waals surface area (Å²) in [5.41, 5.74) is 1.77. The molecule has 7 heteroatoms. The molecular formula is C21H23FN4O2. The molecule has 6 nitrogen and oxygen atoms in total. The molecule has 2 aromatic carbocycles. The standard InChI is InChI=1S/C21H23FN4O2/c1-15(17-7-4-3-5-8-17)28-14-6-13-23-21(27)20-24-16(2)26(25-20)19-11-9-18(22)10-12-19/h3-5,7-12,15H,6,13-14H2,1-2H3,(H,23,27)/t15-/m0/s1. The van der Waals surface area contributed by atoms with E-state index in [1.54, 1.807) is 19.1 Å². The summed E-state index contributed by atoms with van der Waals surface area (Å²) in [6.07, 6.45) is 0.688. The Morgan fingerprint density at radius 2 is 1.89 bits per heavy atom. The third-order valence-corrected chi connectivity index (χ3v) is 4.29. The number of nitrogens with one attached hydrogen (secondary N) is 1. The number of carbonyl (C=O) groups excluding carboxylic acids is 1. The molecule has 0 fully saturated rings. The summed E-state index contributed by atoms with van der Waals surface area (Å²) in [7, 11) is 0. The minimum absolute atomic E-state index is 0.00706. The molecule has 0 saturated carbocycles. The van der Waals surface area contributed by atoms with Gasteiger partial charge in [0, 0.05) is 13.2 Å². The summed E-state index contributed by atoms with van der Waals surface area (Å²) in [6.45, 7) is 4.74. The van der Waals surface area contributed by atoms with Gasteiger partial charge in [0.15, 0.2) is 0 Å². The average Bonchev–Trinajstić information content (AvgIpc) is 3.10. The predicted octanol–water partition coefficient (Wildman–Crippen LogP) is 3.61. The molecule has 0 aliphatic carbocycles. The van der Waals surface area contributed by atoms with Gasteiger partial charge in [0.05, 0.1) is 11.8 Å². The fourth-order valence-electron chi connectivity index (χ4n) is 2.75. The average molecular weight is 382 g/mol. The topological polar surface area (TPSA) is 69.0 Å². The Morgan fingerprint density at radius 1 is 1.18 bits per heavy atom. The zero-order chi connectivity index (χ0) is 19.9. The Balaban J connectivity index is 1.46. The lowest BCUT2D eigenvalue weighted by Gasteiger charge is -2.13. The summed E-state index contributed by atoms with van der Waals surface area (Å²) in [5, 5.41) is 7.01. The number of nitrogens with zero attached hydrogens (tertiary/aromatic N) is 3. The van der Waals surface area contributed by atoms with E-state index in [-0.39, 0.29) is 23.7 Å². The van der Waals surface area contributed by atoms with Gasteiger partial charge in [-0.3, -0.25) is 4.79 Å². The van der Waals surface area contributed by atoms with E-state index in [0.717, 1.165) is 5.56 Å². The summed E-state index contributed by atoms with van der Waals surface area (Å²) in [4.78, 5) is 16.5. The van der Waals surface area contributed by atoms with Gasteiger partial charge in [0.2, 0.25) is 5.82 Å². The maximum atomic E-state index is 13.1. The highest BCUT2D eigenvalue weighted by Crippen LogP contribution is 2.15. The van der Waals surface area contributed by atoms with Crippen molar-refractivity contribution in [1.29, 1.82) is 0 Å². The molecule has 1 heterocycles. The molecule has 0 spiro atoms. The van der Waals surface area contributed by atoms with Crippen molar-refractivity contribution in [2.75, 3.05) is 13.2 Å². The zero-order valence-corrected chi connectivity index (χ0v) is 15.9. The molecule has 1 amide bonds. The minimum atomic E-state index is -0.347. The van der Waals surface area contributed by atoms with Gasteiger partial charge in [-0.15, -0.1) is 5.10 Å². The van der Waals surface area contributed by atoms with Crippen molar-refractivity contribution in [2.24, 2.45) is 0 Å². The Morgan fingerprint density at radius 3 is 2.61 bits per heavy atom. The number of benzene rings is 2. The Bertz CT molecular complexity index is 910. The van der Waals surface area contributed by atoms with E-state index in [0.29, 0.717) is 31.1 Å². The van der Waals surface area contributed by atoms with Gasteiger partial charge in [0.25, 0.3) is 5.91 Å². The maximum Gasteiger partial charge on any atom is 0.290 e. The fourth-order valence-corrected chi connectivity index (χ4v) is 2.75. The van der Waals surface area contributed by atoms with Gasteiger partial charge >= 0.3 is 0 Å². The Labute approximate surface area is 163 Å². The van der Waals surface area contributed by atoms with Crippen LogP contribution in [0.3, 0.4) is 0 Å². The van der Waals surface area contributed by atoms with Crippen molar-refractivity contribution >= 4 is 5.91 Å². The van der Waals surface area contributed by atoms with Crippen molar-refractivity contribution in [1.82, 2.24) is 20.1 Å². The van der Waals surface area contributed by atoms with Gasteiger partial charge in [-0.1, -0.05) is 30.3 Å². The Hall–Kier alpha value is -3.06. The van der Waals surface area contributed by atoms with Crippen LogP contribution in [-0.2, 0) is 4.74 Å². The molecule has 0 unspecified atom stereocenters. The van der Waals surface area contributed by atoms with Crippen molar-refractivity contribution < 1.29 is 13.9 Å². The van der Waals surface area contributed by atoms with Crippen LogP contribution >= 0.6 is 0 Å². The first-order chi connectivity index (χ1) is 13.5. The third-order valence-electron chi connectivity index (χ3n) is 4.29. The molecule has 28 heavy (non-hydrogen) atoms. The first-order valence-corrected chi connectivity index (χ1v) is 9.19. The zero-order valence-electron chi connectivity index (χ0n) is 15.9. The Kier molecular flexibility index (Phi) is 6.49. The van der Waals surface area contributed by atoms with E-state index in [9.17, 15) is 9.18 Å². The molecule has 0 aliphatic heterocycles. The molecule has 0 radical (unpaired) electrons. The fraction of sp³-hybridized carbons (Fsp3) is 0.286. The van der Waals surface area contributed by atoms with Crippen molar-refractivity contribution in [2.45, 2.75) is 26.4 Å². The number of halogens is 1. The molecule has 3 rings (SSSR count). The highest BCUT2D eigenvalue weighted by atomic mass is 19.1. The van der Waals surface area contributed by atoms with Crippen LogP contribution in [-0.4, -0.2) is 33.8 Å². The second-order valence-electron chi connectivity index (χ2n) is 6.40. The minimum Gasteiger partial charge on any atom is -0.374 e. The molecule has 0 aliphatic rings. The number of carbonyl (C=O) groups is 1. The van der Waals surface area contributed by atoms with Crippen molar-refractivity contribution in [3.63, 3.8) is 0 Å². The molecule has 0 bridgehead atoms. The van der Waals surface area contributed by atoms with Crippen LogP contribution in [0.1, 0.15) is 41.5 Å². The number of hydrogen-bond acceptors (Lipinski definition) is 4. The highest BCUT2D eigenvalue weighted by molar-refractivity contribution is 5.90. The molecular weight excluding hydrogens is 359 g/mol. The van der Waals surface area contributed by atoms with E-state index < -0.39 is 0 Å². The lowest BCUT2D eigenvalue weighted by Crippen LogP contribution is -2.26. The summed E-state index contributed by atoms with van der Waals surface area (Å²) < 4.78 is 20.4. The summed E-state index contributed by atoms with van der Waals surface area (Å²) in [6, 6.07) is 15.8. The van der Waals surface area contributed by atoms with Crippen LogP contribution < -0.4 is 5.32 Å². The van der Waals surface area contributed by atoms with E-state index in [1.165, 1.54) is 16.8 Å². The number of aryl methyl sites for hydroxylation is 1. The first kappa shape index (κ1) is 19.7. The molecule has 1 aromatic heterocycles. The number of amides is 1. The number of aromatic nitrogens is 3. The number of ether oxygens (including phenoxy) is 1. The van der Waals surface area contributed by atoms with Gasteiger partial charge in [-0.05, 0) is 50.1 Å². The molecule has 1 N–H and O–H groups in total. The SMILES string of the molecule is Cc1nc(C(=O)NCCCO[C@@H](C)c2ccccc2)nn1-c1ccc(F)cc1. The van der Waals surface area contributed by atoms with E-state index in [4.69, 9.17) is 4.74 Å². The van der Waals surface area contributed by atoms with Gasteiger partial charge in [-0.2, -0.15) is 0 Å². The van der Waals surface area contributed by atoms with Crippen LogP contribution in [0.2, 0.25) is 0 Å². The van der Waals surface area contributed by atoms with Crippen LogP contribution in [0.25, 0.3) is 5.69 Å². The highest BCUT2D eigenvalue weighted by Gasteiger charge is 2.15. The van der Waals surface area contributed by atoms with Crippen LogP contribution in [0, 0.1) is 12.7 Å². The first-order valence-electron chi connectivity index (χ1n) is 9.19. The largest absolute Gasteiger partial charge is 0.374 e. The molecule has 146 valence electrons. The molecule has 0 saturated heterocycles. The number of rotatable bonds is 8. The second kappa shape index (κ2) is 9.23. The quantitative estimate of drug-likeness (QED) is 0.604. The van der Waals surface area contributed by atoms with Crippen molar-refractivity contribution in [3.8, 4) is 5.69 Å². The molecule has 1 atom stereocenters. The normalized spacial score (nSPS) is 12.0. The van der Waals surface area contributed by atoms with Crippen LogP contribution in [0.4, 0.5) is 4.39 Å². The molecule has 3 aromatic rings. The lowest BCUT2D eigenvalue weighted by atomic mass is 10.1. The van der Waals surface area contributed by atoms with Gasteiger partial charge in [0.1, 0.15) is 11.6 Å².